The minimum atomic E-state index is -0.971. The van der Waals surface area contributed by atoms with Crippen molar-refractivity contribution in [3.8, 4) is 5.75 Å². The summed E-state index contributed by atoms with van der Waals surface area (Å²) in [6.45, 7) is 10.5. The van der Waals surface area contributed by atoms with Crippen LogP contribution in [0.3, 0.4) is 0 Å². The van der Waals surface area contributed by atoms with Crippen LogP contribution in [-0.4, -0.2) is 24.3 Å². The number of carboxylic acids is 1. The molecule has 160 valence electrons. The second-order valence-corrected chi connectivity index (χ2v) is 8.81. The van der Waals surface area contributed by atoms with Crippen LogP contribution in [0.1, 0.15) is 60.7 Å². The molecule has 4 nitrogen and oxygen atoms in total. The van der Waals surface area contributed by atoms with E-state index < -0.39 is 5.97 Å². The lowest BCUT2D eigenvalue weighted by Crippen LogP contribution is -2.39. The van der Waals surface area contributed by atoms with E-state index in [2.05, 4.69) is 32.6 Å². The van der Waals surface area contributed by atoms with Crippen molar-refractivity contribution in [3.05, 3.63) is 76.3 Å². The van der Waals surface area contributed by atoms with Gasteiger partial charge in [-0.1, -0.05) is 49.7 Å². The van der Waals surface area contributed by atoms with Crippen LogP contribution in [0, 0.1) is 11.8 Å². The summed E-state index contributed by atoms with van der Waals surface area (Å²) >= 11 is 6.10. The highest BCUT2D eigenvalue weighted by molar-refractivity contribution is 6.30. The fourth-order valence-electron chi connectivity index (χ4n) is 4.39. The molecule has 4 atom stereocenters. The summed E-state index contributed by atoms with van der Waals surface area (Å²) in [6, 6.07) is 12.9. The van der Waals surface area contributed by atoms with Crippen molar-refractivity contribution in [2.45, 2.75) is 45.3 Å². The van der Waals surface area contributed by atoms with Gasteiger partial charge < -0.3 is 14.6 Å². The highest BCUT2D eigenvalue weighted by Gasteiger charge is 2.42. The zero-order chi connectivity index (χ0) is 22.0. The summed E-state index contributed by atoms with van der Waals surface area (Å²) in [5.74, 6) is 0.144. The molecule has 1 N–H and O–H groups in total. The number of halogens is 1. The van der Waals surface area contributed by atoms with Gasteiger partial charge in [-0.25, -0.2) is 4.79 Å². The van der Waals surface area contributed by atoms with E-state index in [1.807, 2.05) is 19.1 Å². The van der Waals surface area contributed by atoms with Crippen LogP contribution < -0.4 is 4.74 Å². The minimum Gasteiger partial charge on any atom is -0.496 e. The Labute approximate surface area is 183 Å². The van der Waals surface area contributed by atoms with Gasteiger partial charge in [-0.15, -0.1) is 0 Å². The van der Waals surface area contributed by atoms with Crippen molar-refractivity contribution in [1.29, 1.82) is 0 Å². The third kappa shape index (κ3) is 4.55. The lowest BCUT2D eigenvalue weighted by molar-refractivity contribution is -0.109. The van der Waals surface area contributed by atoms with Gasteiger partial charge in [-0.2, -0.15) is 0 Å². The maximum absolute atomic E-state index is 11.6. The van der Waals surface area contributed by atoms with Crippen molar-refractivity contribution < 1.29 is 19.4 Å². The molecule has 1 saturated heterocycles. The first-order valence-corrected chi connectivity index (χ1v) is 10.6. The second-order valence-electron chi connectivity index (χ2n) is 8.37. The average Bonchev–Trinajstić information content (AvgIpc) is 2.72. The third-order valence-corrected chi connectivity index (χ3v) is 6.20. The van der Waals surface area contributed by atoms with Gasteiger partial charge in [0.15, 0.2) is 0 Å². The van der Waals surface area contributed by atoms with Crippen LogP contribution in [0.15, 0.2) is 54.6 Å². The van der Waals surface area contributed by atoms with Crippen molar-refractivity contribution >= 4 is 17.6 Å². The number of ether oxygens (including phenoxy) is 2. The van der Waals surface area contributed by atoms with E-state index in [-0.39, 0.29) is 35.5 Å². The Bertz CT molecular complexity index is 919. The predicted octanol–water partition coefficient (Wildman–Crippen LogP) is 6.51. The summed E-state index contributed by atoms with van der Waals surface area (Å²) in [7, 11) is 1.59. The van der Waals surface area contributed by atoms with Crippen LogP contribution >= 0.6 is 11.6 Å². The molecule has 2 aromatic carbocycles. The minimum absolute atomic E-state index is 0.0265. The fraction of sp³-hybridized carbons (Fsp3) is 0.400. The van der Waals surface area contributed by atoms with E-state index in [1.54, 1.807) is 25.3 Å². The van der Waals surface area contributed by atoms with Gasteiger partial charge in [0.1, 0.15) is 5.75 Å². The van der Waals surface area contributed by atoms with Gasteiger partial charge in [0.05, 0.1) is 24.9 Å². The summed E-state index contributed by atoms with van der Waals surface area (Å²) in [5, 5.41) is 10.2. The van der Waals surface area contributed by atoms with E-state index in [0.717, 1.165) is 17.6 Å². The lowest BCUT2D eigenvalue weighted by atomic mass is 9.73. The van der Waals surface area contributed by atoms with Gasteiger partial charge in [0.2, 0.25) is 0 Å². The molecule has 0 aromatic heterocycles. The molecule has 0 spiro atoms. The van der Waals surface area contributed by atoms with Gasteiger partial charge in [0, 0.05) is 22.4 Å². The van der Waals surface area contributed by atoms with E-state index in [9.17, 15) is 9.90 Å². The normalized spacial score (nSPS) is 23.9. The molecule has 0 unspecified atom stereocenters. The zero-order valence-corrected chi connectivity index (χ0v) is 18.6. The molecular weight excluding hydrogens is 400 g/mol. The molecule has 30 heavy (non-hydrogen) atoms. The molecule has 1 aliphatic heterocycles. The Morgan fingerprint density at radius 3 is 2.43 bits per heavy atom. The molecular formula is C25H29ClO4. The predicted molar refractivity (Wildman–Crippen MR) is 120 cm³/mol. The average molecular weight is 429 g/mol. The largest absolute Gasteiger partial charge is 0.496 e. The number of hydrogen-bond donors (Lipinski definition) is 1. The summed E-state index contributed by atoms with van der Waals surface area (Å²) < 4.78 is 12.3. The fourth-order valence-corrected chi connectivity index (χ4v) is 4.51. The summed E-state index contributed by atoms with van der Waals surface area (Å²) in [4.78, 5) is 11.6. The number of carboxylic acid groups (broad SMARTS) is 1. The van der Waals surface area contributed by atoms with Crippen LogP contribution in [-0.2, 0) is 4.74 Å². The molecule has 1 heterocycles. The maximum atomic E-state index is 11.6. The Hall–Kier alpha value is -2.30. The molecule has 1 aliphatic rings. The Morgan fingerprint density at radius 1 is 1.23 bits per heavy atom. The van der Waals surface area contributed by atoms with Gasteiger partial charge in [0.25, 0.3) is 0 Å². The van der Waals surface area contributed by atoms with Gasteiger partial charge in [-0.05, 0) is 55.2 Å². The Morgan fingerprint density at radius 2 is 1.90 bits per heavy atom. The topological polar surface area (TPSA) is 55.8 Å². The first-order valence-electron chi connectivity index (χ1n) is 10.2. The first kappa shape index (κ1) is 22.4. The van der Waals surface area contributed by atoms with Crippen LogP contribution in [0.25, 0.3) is 0 Å². The molecule has 2 aromatic rings. The number of methoxy groups -OCH3 is 1. The molecule has 0 saturated carbocycles. The van der Waals surface area contributed by atoms with E-state index in [1.165, 1.54) is 5.56 Å². The molecule has 0 bridgehead atoms. The molecule has 5 heteroatoms. The summed E-state index contributed by atoms with van der Waals surface area (Å²) in [6.07, 6.45) is 0.489. The van der Waals surface area contributed by atoms with Crippen molar-refractivity contribution in [2.24, 2.45) is 11.8 Å². The highest BCUT2D eigenvalue weighted by Crippen LogP contribution is 2.49. The van der Waals surface area contributed by atoms with Gasteiger partial charge >= 0.3 is 5.97 Å². The Balaban J connectivity index is 2.06. The maximum Gasteiger partial charge on any atom is 0.335 e. The van der Waals surface area contributed by atoms with Crippen molar-refractivity contribution in [1.82, 2.24) is 0 Å². The smallest absolute Gasteiger partial charge is 0.335 e. The van der Waals surface area contributed by atoms with Gasteiger partial charge in [-0.3, -0.25) is 0 Å². The zero-order valence-electron chi connectivity index (χ0n) is 17.9. The van der Waals surface area contributed by atoms with Crippen LogP contribution in [0.2, 0.25) is 5.02 Å². The molecule has 3 rings (SSSR count). The number of hydrogen-bond acceptors (Lipinski definition) is 3. The SMILES string of the molecule is C=C(C)[C@H]1C[C@H](c2ccc(Cl)cc2)[C@H](C(C)C)O[C@@H]1c1cc(C(=O)O)ccc1OC. The van der Waals surface area contributed by atoms with E-state index in [4.69, 9.17) is 21.1 Å². The van der Waals surface area contributed by atoms with Crippen LogP contribution in [0.4, 0.5) is 0 Å². The second kappa shape index (κ2) is 9.23. The van der Waals surface area contributed by atoms with E-state index >= 15 is 0 Å². The quantitative estimate of drug-likeness (QED) is 0.533. The molecule has 0 aliphatic carbocycles. The standard InChI is InChI=1S/C25H29ClO4/c1-14(2)19-13-20(16-6-9-18(26)10-7-16)23(15(3)4)30-24(19)21-12-17(25(27)28)8-11-22(21)29-5/h6-12,15,19-20,23-24H,1,13H2,2-5H3,(H,27,28)/t19-,20-,23+,24+/m1/s1. The number of rotatable bonds is 6. The number of aromatic carboxylic acids is 1. The first-order chi connectivity index (χ1) is 14.2. The summed E-state index contributed by atoms with van der Waals surface area (Å²) in [5.41, 5.74) is 3.17. The monoisotopic (exact) mass is 428 g/mol. The number of benzene rings is 2. The molecule has 0 amide bonds. The van der Waals surface area contributed by atoms with Crippen molar-refractivity contribution in [2.75, 3.05) is 7.11 Å². The van der Waals surface area contributed by atoms with Crippen LogP contribution in [0.5, 0.6) is 5.75 Å². The highest BCUT2D eigenvalue weighted by atomic mass is 35.5. The lowest BCUT2D eigenvalue weighted by Gasteiger charge is -2.44. The van der Waals surface area contributed by atoms with E-state index in [0.29, 0.717) is 10.8 Å². The van der Waals surface area contributed by atoms with Crippen molar-refractivity contribution in [3.63, 3.8) is 0 Å². The third-order valence-electron chi connectivity index (χ3n) is 5.95. The number of carbonyl (C=O) groups is 1. The Kier molecular flexibility index (Phi) is 6.89. The molecule has 0 radical (unpaired) electrons. The molecule has 1 fully saturated rings.